The van der Waals surface area contributed by atoms with Gasteiger partial charge in [-0.2, -0.15) is 0 Å². The molecule has 4 heteroatoms. The molecule has 19 heavy (non-hydrogen) atoms. The molecule has 0 aromatic rings. The average molecular weight is 267 g/mol. The smallest absolute Gasteiger partial charge is 0.230 e. The van der Waals surface area contributed by atoms with Crippen LogP contribution in [0.25, 0.3) is 0 Å². The molecule has 2 N–H and O–H groups in total. The fourth-order valence-corrected chi connectivity index (χ4v) is 3.01. The molecule has 0 radical (unpaired) electrons. The van der Waals surface area contributed by atoms with E-state index >= 15 is 0 Å². The van der Waals surface area contributed by atoms with Crippen LogP contribution in [-0.4, -0.2) is 53.5 Å². The van der Waals surface area contributed by atoms with E-state index in [1.54, 1.807) is 0 Å². The number of nitrogens with two attached hydrogens (primary N) is 1. The van der Waals surface area contributed by atoms with Crippen molar-refractivity contribution in [1.82, 2.24) is 9.80 Å². The van der Waals surface area contributed by atoms with Gasteiger partial charge >= 0.3 is 0 Å². The quantitative estimate of drug-likeness (QED) is 0.824. The van der Waals surface area contributed by atoms with Crippen LogP contribution in [0.15, 0.2) is 0 Å². The summed E-state index contributed by atoms with van der Waals surface area (Å²) in [6.07, 6.45) is 3.84. The van der Waals surface area contributed by atoms with Gasteiger partial charge in [-0.25, -0.2) is 0 Å². The molecule has 1 unspecified atom stereocenters. The number of carbonyl (C=O) groups excluding carboxylic acids is 1. The summed E-state index contributed by atoms with van der Waals surface area (Å²) in [4.78, 5) is 17.4. The lowest BCUT2D eigenvalue weighted by Gasteiger charge is -2.47. The van der Waals surface area contributed by atoms with E-state index in [2.05, 4.69) is 4.90 Å². The van der Waals surface area contributed by atoms with Crippen molar-refractivity contribution in [2.75, 3.05) is 26.2 Å². The molecule has 0 aromatic carbocycles. The van der Waals surface area contributed by atoms with Crippen molar-refractivity contribution in [2.24, 2.45) is 11.1 Å². The van der Waals surface area contributed by atoms with Gasteiger partial charge in [-0.3, -0.25) is 9.69 Å². The third-order valence-electron chi connectivity index (χ3n) is 5.27. The van der Waals surface area contributed by atoms with Gasteiger partial charge in [0, 0.05) is 31.2 Å². The molecule has 1 amide bonds. The number of carbonyl (C=O) groups is 1. The van der Waals surface area contributed by atoms with Gasteiger partial charge in [0.2, 0.25) is 5.91 Å². The molecule has 0 bridgehead atoms. The summed E-state index contributed by atoms with van der Waals surface area (Å²) in [6, 6.07) is 0.572. The van der Waals surface area contributed by atoms with Crippen molar-refractivity contribution in [2.45, 2.75) is 58.5 Å². The maximum atomic E-state index is 12.8. The number of nitrogens with zero attached hydrogens (tertiary/aromatic N) is 2. The molecule has 110 valence electrons. The average Bonchev–Trinajstić information content (AvgIpc) is 2.36. The molecule has 2 fully saturated rings. The van der Waals surface area contributed by atoms with Crippen molar-refractivity contribution in [3.05, 3.63) is 0 Å². The monoisotopic (exact) mass is 267 g/mol. The Bertz CT molecular complexity index is 346. The second kappa shape index (κ2) is 5.06. The number of rotatable bonds is 2. The zero-order valence-corrected chi connectivity index (χ0v) is 12.9. The Labute approximate surface area is 117 Å². The lowest BCUT2D eigenvalue weighted by atomic mass is 9.74. The molecule has 2 aliphatic heterocycles. The second-order valence-corrected chi connectivity index (χ2v) is 7.28. The van der Waals surface area contributed by atoms with E-state index in [0.29, 0.717) is 6.04 Å². The molecule has 1 atom stereocenters. The second-order valence-electron chi connectivity index (χ2n) is 7.28. The molecule has 0 spiro atoms. The molecule has 0 aromatic heterocycles. The Morgan fingerprint density at radius 3 is 2.42 bits per heavy atom. The van der Waals surface area contributed by atoms with Gasteiger partial charge in [0.25, 0.3) is 0 Å². The maximum absolute atomic E-state index is 12.8. The maximum Gasteiger partial charge on any atom is 0.230 e. The van der Waals surface area contributed by atoms with Crippen LogP contribution >= 0.6 is 0 Å². The van der Waals surface area contributed by atoms with Crippen LogP contribution in [0.5, 0.6) is 0 Å². The van der Waals surface area contributed by atoms with E-state index in [9.17, 15) is 4.79 Å². The Hall–Kier alpha value is -0.610. The van der Waals surface area contributed by atoms with Crippen molar-refractivity contribution in [1.29, 1.82) is 0 Å². The molecule has 2 heterocycles. The first-order valence-electron chi connectivity index (χ1n) is 7.56. The van der Waals surface area contributed by atoms with E-state index in [4.69, 9.17) is 5.73 Å². The van der Waals surface area contributed by atoms with Crippen LogP contribution in [0.1, 0.15) is 47.0 Å². The third-order valence-corrected chi connectivity index (χ3v) is 5.27. The van der Waals surface area contributed by atoms with Gasteiger partial charge < -0.3 is 10.6 Å². The van der Waals surface area contributed by atoms with Crippen LogP contribution < -0.4 is 5.73 Å². The first-order chi connectivity index (χ1) is 8.73. The Balaban J connectivity index is 2.05. The summed E-state index contributed by atoms with van der Waals surface area (Å²) < 4.78 is 0. The highest BCUT2D eigenvalue weighted by Gasteiger charge is 2.44. The summed E-state index contributed by atoms with van der Waals surface area (Å²) in [5.74, 6) is 0.213. The van der Waals surface area contributed by atoms with Gasteiger partial charge in [-0.15, -0.1) is 0 Å². The number of amides is 1. The van der Waals surface area contributed by atoms with Crippen LogP contribution in [0.4, 0.5) is 0 Å². The molecule has 2 saturated heterocycles. The Morgan fingerprint density at radius 1 is 1.11 bits per heavy atom. The highest BCUT2D eigenvalue weighted by atomic mass is 16.2. The summed E-state index contributed by atoms with van der Waals surface area (Å²) in [5.41, 5.74) is 5.19. The molecule has 4 nitrogen and oxygen atoms in total. The summed E-state index contributed by atoms with van der Waals surface area (Å²) in [7, 11) is 0. The Kier molecular flexibility index (Phi) is 3.94. The SMILES string of the molecule is CC(C)(N)C(C)(C)C(=O)N1CCN2CCCCC2C1. The summed E-state index contributed by atoms with van der Waals surface area (Å²) >= 11 is 0. The van der Waals surface area contributed by atoms with Crippen molar-refractivity contribution < 1.29 is 4.79 Å². The fraction of sp³-hybridized carbons (Fsp3) is 0.933. The minimum Gasteiger partial charge on any atom is -0.339 e. The van der Waals surface area contributed by atoms with Gasteiger partial charge in [0.05, 0.1) is 5.41 Å². The summed E-state index contributed by atoms with van der Waals surface area (Å²) in [5, 5.41) is 0. The molecular formula is C15H29N3O. The number of hydrogen-bond donors (Lipinski definition) is 1. The molecule has 0 saturated carbocycles. The molecule has 2 aliphatic rings. The van der Waals surface area contributed by atoms with Crippen molar-refractivity contribution >= 4 is 5.91 Å². The number of hydrogen-bond acceptors (Lipinski definition) is 3. The van der Waals surface area contributed by atoms with Gasteiger partial charge in [0.15, 0.2) is 0 Å². The zero-order valence-electron chi connectivity index (χ0n) is 12.9. The normalized spacial score (nSPS) is 26.2. The first kappa shape index (κ1) is 14.8. The minimum atomic E-state index is -0.510. The third kappa shape index (κ3) is 2.79. The molecule has 2 rings (SSSR count). The lowest BCUT2D eigenvalue weighted by Crippen LogP contribution is -2.62. The Morgan fingerprint density at radius 2 is 1.79 bits per heavy atom. The van der Waals surface area contributed by atoms with Crippen LogP contribution in [-0.2, 0) is 4.79 Å². The van der Waals surface area contributed by atoms with E-state index in [1.165, 1.54) is 25.8 Å². The van der Waals surface area contributed by atoms with Crippen LogP contribution in [0.2, 0.25) is 0 Å². The molecule has 0 aliphatic carbocycles. The standard InChI is InChI=1S/C15H29N3O/c1-14(2,15(3,4)16)13(19)18-10-9-17-8-6-5-7-12(17)11-18/h12H,5-11,16H2,1-4H3. The van der Waals surface area contributed by atoms with E-state index < -0.39 is 11.0 Å². The number of piperazine rings is 1. The number of fused-ring (bicyclic) bond motifs is 1. The van der Waals surface area contributed by atoms with Crippen molar-refractivity contribution in [3.8, 4) is 0 Å². The van der Waals surface area contributed by atoms with E-state index in [-0.39, 0.29) is 5.91 Å². The highest BCUT2D eigenvalue weighted by Crippen LogP contribution is 2.32. The zero-order chi connectivity index (χ0) is 14.3. The molecular weight excluding hydrogens is 238 g/mol. The minimum absolute atomic E-state index is 0.213. The first-order valence-corrected chi connectivity index (χ1v) is 7.56. The van der Waals surface area contributed by atoms with Gasteiger partial charge in [-0.05, 0) is 47.1 Å². The lowest BCUT2D eigenvalue weighted by molar-refractivity contribution is -0.147. The van der Waals surface area contributed by atoms with Crippen LogP contribution in [0.3, 0.4) is 0 Å². The van der Waals surface area contributed by atoms with E-state index in [1.807, 2.05) is 32.6 Å². The topological polar surface area (TPSA) is 49.6 Å². The predicted molar refractivity (Wildman–Crippen MR) is 77.8 cm³/mol. The van der Waals surface area contributed by atoms with Gasteiger partial charge in [0.1, 0.15) is 0 Å². The highest BCUT2D eigenvalue weighted by molar-refractivity contribution is 5.83. The largest absolute Gasteiger partial charge is 0.339 e. The van der Waals surface area contributed by atoms with Crippen LogP contribution in [0, 0.1) is 5.41 Å². The van der Waals surface area contributed by atoms with Gasteiger partial charge in [-0.1, -0.05) is 6.42 Å². The number of piperidine rings is 1. The predicted octanol–water partition coefficient (Wildman–Crippen LogP) is 1.45. The van der Waals surface area contributed by atoms with Crippen molar-refractivity contribution in [3.63, 3.8) is 0 Å². The summed E-state index contributed by atoms with van der Waals surface area (Å²) in [6.45, 7) is 11.8. The van der Waals surface area contributed by atoms with E-state index in [0.717, 1.165) is 19.6 Å². The fourth-order valence-electron chi connectivity index (χ4n) is 3.01.